The van der Waals surface area contributed by atoms with E-state index in [-0.39, 0.29) is 17.7 Å². The number of benzene rings is 2. The lowest BCUT2D eigenvalue weighted by molar-refractivity contribution is -0.115. The molecule has 0 saturated heterocycles. The van der Waals surface area contributed by atoms with E-state index in [0.29, 0.717) is 0 Å². The van der Waals surface area contributed by atoms with Gasteiger partial charge in [0.25, 0.3) is 0 Å². The predicted molar refractivity (Wildman–Crippen MR) is 91.4 cm³/mol. The van der Waals surface area contributed by atoms with Gasteiger partial charge in [0, 0.05) is 5.69 Å². The van der Waals surface area contributed by atoms with Gasteiger partial charge >= 0.3 is 0 Å². The van der Waals surface area contributed by atoms with Crippen LogP contribution in [0.5, 0.6) is 0 Å². The Morgan fingerprint density at radius 2 is 1.59 bits per heavy atom. The molecule has 0 aromatic heterocycles. The van der Waals surface area contributed by atoms with Crippen LogP contribution in [0.3, 0.4) is 0 Å². The Bertz CT molecular complexity index is 708. The Balaban J connectivity index is 1.92. The van der Waals surface area contributed by atoms with Crippen LogP contribution in [-0.4, -0.2) is 11.8 Å². The van der Waals surface area contributed by atoms with E-state index < -0.39 is 0 Å². The number of nitrogens with one attached hydrogen (secondary N) is 1. The molecule has 0 spiro atoms. The van der Waals surface area contributed by atoms with Gasteiger partial charge in [-0.25, -0.2) is 0 Å². The number of hydrogen-bond acceptors (Lipinski definition) is 2. The highest BCUT2D eigenvalue weighted by Gasteiger charge is 2.31. The first-order chi connectivity index (χ1) is 10.6. The number of carbonyl (C=O) groups excluding carboxylic acids is 1. The first kappa shape index (κ1) is 14.6. The van der Waals surface area contributed by atoms with Crippen molar-refractivity contribution in [2.24, 2.45) is 0 Å². The van der Waals surface area contributed by atoms with Crippen LogP contribution in [0.15, 0.2) is 54.6 Å². The van der Waals surface area contributed by atoms with Gasteiger partial charge in [0.15, 0.2) is 5.78 Å². The first-order valence-corrected chi connectivity index (χ1v) is 7.67. The second kappa shape index (κ2) is 5.80. The van der Waals surface area contributed by atoms with E-state index >= 15 is 0 Å². The number of ketones is 1. The zero-order valence-corrected chi connectivity index (χ0v) is 13.3. The van der Waals surface area contributed by atoms with Crippen molar-refractivity contribution in [2.75, 3.05) is 5.32 Å². The standard InChI is InChI=1S/C20H21NO/c1-13-11-14(2)20(15(3)12-13)21-17-9-10-18(22)19(17)16-7-5-4-6-8-16/h4-12,17,19,21H,1-3H3/t17-,19+/m1/s1. The summed E-state index contributed by atoms with van der Waals surface area (Å²) in [5, 5.41) is 3.58. The maximum atomic E-state index is 12.3. The van der Waals surface area contributed by atoms with Gasteiger partial charge in [0.1, 0.15) is 0 Å². The van der Waals surface area contributed by atoms with Crippen LogP contribution in [-0.2, 0) is 4.79 Å². The van der Waals surface area contributed by atoms with Crippen LogP contribution >= 0.6 is 0 Å². The summed E-state index contributed by atoms with van der Waals surface area (Å²) in [5.74, 6) is 0.0346. The van der Waals surface area contributed by atoms with E-state index in [0.717, 1.165) is 11.3 Å². The summed E-state index contributed by atoms with van der Waals surface area (Å²) in [7, 11) is 0. The van der Waals surface area contributed by atoms with Gasteiger partial charge in [-0.3, -0.25) is 4.79 Å². The van der Waals surface area contributed by atoms with E-state index in [1.165, 1.54) is 16.7 Å². The van der Waals surface area contributed by atoms with Gasteiger partial charge in [-0.05, 0) is 43.5 Å². The number of carbonyl (C=O) groups is 1. The van der Waals surface area contributed by atoms with E-state index in [2.05, 4.69) is 38.2 Å². The average Bonchev–Trinajstić information content (AvgIpc) is 2.84. The van der Waals surface area contributed by atoms with Gasteiger partial charge in [-0.2, -0.15) is 0 Å². The molecule has 2 nitrogen and oxygen atoms in total. The first-order valence-electron chi connectivity index (χ1n) is 7.67. The second-order valence-corrected chi connectivity index (χ2v) is 6.09. The molecule has 0 aliphatic heterocycles. The minimum atomic E-state index is -0.138. The fourth-order valence-electron chi connectivity index (χ4n) is 3.33. The fourth-order valence-corrected chi connectivity index (χ4v) is 3.33. The molecule has 2 aromatic rings. The highest BCUT2D eigenvalue weighted by Crippen LogP contribution is 2.32. The summed E-state index contributed by atoms with van der Waals surface area (Å²) < 4.78 is 0. The van der Waals surface area contributed by atoms with E-state index in [1.54, 1.807) is 6.08 Å². The lowest BCUT2D eigenvalue weighted by Crippen LogP contribution is -2.26. The Morgan fingerprint density at radius 3 is 2.23 bits per heavy atom. The van der Waals surface area contributed by atoms with E-state index in [1.807, 2.05) is 36.4 Å². The zero-order chi connectivity index (χ0) is 15.7. The predicted octanol–water partition coefficient (Wildman–Crippen LogP) is 4.32. The van der Waals surface area contributed by atoms with Gasteiger partial charge in [-0.15, -0.1) is 0 Å². The molecule has 0 unspecified atom stereocenters. The zero-order valence-electron chi connectivity index (χ0n) is 13.3. The summed E-state index contributed by atoms with van der Waals surface area (Å²) >= 11 is 0. The molecule has 2 atom stereocenters. The Morgan fingerprint density at radius 1 is 0.955 bits per heavy atom. The smallest absolute Gasteiger partial charge is 0.165 e. The third kappa shape index (κ3) is 2.69. The highest BCUT2D eigenvalue weighted by atomic mass is 16.1. The number of aryl methyl sites for hydroxylation is 3. The molecule has 0 saturated carbocycles. The van der Waals surface area contributed by atoms with Crippen molar-refractivity contribution in [2.45, 2.75) is 32.7 Å². The summed E-state index contributed by atoms with van der Waals surface area (Å²) in [4.78, 5) is 12.3. The van der Waals surface area contributed by atoms with Crippen LogP contribution in [0.1, 0.15) is 28.2 Å². The Labute approximate surface area is 131 Å². The molecule has 22 heavy (non-hydrogen) atoms. The molecular weight excluding hydrogens is 270 g/mol. The van der Waals surface area contributed by atoms with E-state index in [9.17, 15) is 4.79 Å². The molecule has 1 N–H and O–H groups in total. The molecule has 1 aliphatic carbocycles. The summed E-state index contributed by atoms with van der Waals surface area (Å²) in [5.41, 5.74) is 5.90. The molecular formula is C20H21NO. The molecule has 112 valence electrons. The van der Waals surface area contributed by atoms with Crippen molar-refractivity contribution in [1.29, 1.82) is 0 Å². The largest absolute Gasteiger partial charge is 0.377 e. The average molecular weight is 291 g/mol. The normalized spacial score (nSPS) is 20.4. The van der Waals surface area contributed by atoms with Crippen molar-refractivity contribution in [3.8, 4) is 0 Å². The van der Waals surface area contributed by atoms with Crippen molar-refractivity contribution >= 4 is 11.5 Å². The molecule has 1 aliphatic rings. The Hall–Kier alpha value is -2.35. The lowest BCUT2D eigenvalue weighted by atomic mass is 9.92. The lowest BCUT2D eigenvalue weighted by Gasteiger charge is -2.23. The molecule has 2 aromatic carbocycles. The number of rotatable bonds is 3. The SMILES string of the molecule is Cc1cc(C)c(N[C@@H]2C=CC(=O)[C@H]2c2ccccc2)c(C)c1. The molecule has 3 rings (SSSR count). The van der Waals surface area contributed by atoms with Crippen LogP contribution in [0.2, 0.25) is 0 Å². The van der Waals surface area contributed by atoms with Gasteiger partial charge < -0.3 is 5.32 Å². The quantitative estimate of drug-likeness (QED) is 0.912. The van der Waals surface area contributed by atoms with Gasteiger partial charge in [0.2, 0.25) is 0 Å². The van der Waals surface area contributed by atoms with Crippen molar-refractivity contribution in [3.05, 3.63) is 76.9 Å². The van der Waals surface area contributed by atoms with Crippen molar-refractivity contribution in [3.63, 3.8) is 0 Å². The second-order valence-electron chi connectivity index (χ2n) is 6.09. The third-order valence-corrected chi connectivity index (χ3v) is 4.28. The Kier molecular flexibility index (Phi) is 3.84. The molecule has 0 bridgehead atoms. The molecule has 2 heteroatoms. The van der Waals surface area contributed by atoms with Gasteiger partial charge in [0.05, 0.1) is 12.0 Å². The third-order valence-electron chi connectivity index (χ3n) is 4.28. The molecule has 0 fully saturated rings. The van der Waals surface area contributed by atoms with Crippen LogP contribution in [0, 0.1) is 20.8 Å². The van der Waals surface area contributed by atoms with Crippen LogP contribution in [0.25, 0.3) is 0 Å². The monoisotopic (exact) mass is 291 g/mol. The van der Waals surface area contributed by atoms with Gasteiger partial charge in [-0.1, -0.05) is 54.1 Å². The molecule has 0 amide bonds. The maximum absolute atomic E-state index is 12.3. The van der Waals surface area contributed by atoms with Crippen molar-refractivity contribution < 1.29 is 4.79 Å². The minimum absolute atomic E-state index is 0.00926. The molecule has 0 radical (unpaired) electrons. The topological polar surface area (TPSA) is 29.1 Å². The maximum Gasteiger partial charge on any atom is 0.165 e. The summed E-state index contributed by atoms with van der Waals surface area (Å²) in [6.07, 6.45) is 3.69. The summed E-state index contributed by atoms with van der Waals surface area (Å²) in [6.45, 7) is 6.33. The van der Waals surface area contributed by atoms with Crippen LogP contribution < -0.4 is 5.32 Å². The highest BCUT2D eigenvalue weighted by molar-refractivity contribution is 5.99. The van der Waals surface area contributed by atoms with Crippen molar-refractivity contribution in [1.82, 2.24) is 0 Å². The fraction of sp³-hybridized carbons (Fsp3) is 0.250. The molecule has 0 heterocycles. The minimum Gasteiger partial charge on any atom is -0.377 e. The van der Waals surface area contributed by atoms with E-state index in [4.69, 9.17) is 0 Å². The summed E-state index contributed by atoms with van der Waals surface area (Å²) in [6, 6.07) is 14.4. The number of hydrogen-bond donors (Lipinski definition) is 1. The van der Waals surface area contributed by atoms with Crippen LogP contribution in [0.4, 0.5) is 5.69 Å². The number of allylic oxidation sites excluding steroid dienone is 1. The number of anilines is 1.